The summed E-state index contributed by atoms with van der Waals surface area (Å²) >= 11 is 1.79. The second kappa shape index (κ2) is 10.9. The molecule has 0 radical (unpaired) electrons. The van der Waals surface area contributed by atoms with Crippen LogP contribution >= 0.6 is 11.3 Å². The Morgan fingerprint density at radius 3 is 1.73 bits per heavy atom. The predicted molar refractivity (Wildman–Crippen MR) is 211 cm³/mol. The molecular formula is C45H26N4OS. The molecule has 4 heterocycles. The van der Waals surface area contributed by atoms with E-state index < -0.39 is 0 Å². The zero-order valence-electron chi connectivity index (χ0n) is 27.1. The van der Waals surface area contributed by atoms with E-state index >= 15 is 0 Å². The lowest BCUT2D eigenvalue weighted by Gasteiger charge is -2.11. The maximum absolute atomic E-state index is 6.15. The highest BCUT2D eigenvalue weighted by Gasteiger charge is 2.17. The fourth-order valence-corrected chi connectivity index (χ4v) is 8.62. The van der Waals surface area contributed by atoms with Gasteiger partial charge in [0.2, 0.25) is 0 Å². The fraction of sp³-hybridized carbons (Fsp3) is 0. The van der Waals surface area contributed by atoms with E-state index in [-0.39, 0.29) is 0 Å². The molecule has 0 N–H and O–H groups in total. The van der Waals surface area contributed by atoms with E-state index in [9.17, 15) is 0 Å². The fourth-order valence-electron chi connectivity index (χ4n) is 7.48. The first kappa shape index (κ1) is 28.2. The van der Waals surface area contributed by atoms with E-state index in [2.05, 4.69) is 132 Å². The van der Waals surface area contributed by atoms with Gasteiger partial charge in [0.25, 0.3) is 0 Å². The highest BCUT2D eigenvalue weighted by atomic mass is 32.1. The largest absolute Gasteiger partial charge is 0.456 e. The lowest BCUT2D eigenvalue weighted by atomic mass is 10.1. The van der Waals surface area contributed by atoms with Gasteiger partial charge < -0.3 is 8.98 Å². The Bertz CT molecular complexity index is 3120. The molecule has 0 aliphatic heterocycles. The molecule has 11 rings (SSSR count). The van der Waals surface area contributed by atoms with Crippen LogP contribution in [0.15, 0.2) is 162 Å². The zero-order chi connectivity index (χ0) is 33.5. The van der Waals surface area contributed by atoms with Crippen molar-refractivity contribution in [2.24, 2.45) is 0 Å². The van der Waals surface area contributed by atoms with E-state index in [1.54, 1.807) is 11.3 Å². The Morgan fingerprint density at radius 1 is 0.392 bits per heavy atom. The number of para-hydroxylation sites is 3. The molecule has 0 unspecified atom stereocenters. The van der Waals surface area contributed by atoms with Crippen molar-refractivity contribution in [3.8, 4) is 39.9 Å². The SMILES string of the molecule is c1cc(-c2nc(-c3ccc4c(c3)sc3ccccc34)nc(-c3ccc4oc5ccccc5c4c3)n2)cc(-n2c3ccccc3c3ccccc32)c1. The van der Waals surface area contributed by atoms with Crippen molar-refractivity contribution in [3.63, 3.8) is 0 Å². The van der Waals surface area contributed by atoms with Gasteiger partial charge in [-0.2, -0.15) is 0 Å². The van der Waals surface area contributed by atoms with Crippen molar-refractivity contribution in [3.05, 3.63) is 158 Å². The third-order valence-corrected chi connectivity index (χ3v) is 11.0. The molecule has 0 spiro atoms. The van der Waals surface area contributed by atoms with E-state index in [1.807, 2.05) is 30.3 Å². The number of rotatable bonds is 4. The third-order valence-electron chi connectivity index (χ3n) is 9.85. The Hall–Kier alpha value is -6.63. The molecule has 0 aliphatic carbocycles. The van der Waals surface area contributed by atoms with Gasteiger partial charge in [-0.05, 0) is 60.7 Å². The first-order valence-electron chi connectivity index (χ1n) is 16.9. The first-order valence-corrected chi connectivity index (χ1v) is 17.8. The summed E-state index contributed by atoms with van der Waals surface area (Å²) < 4.78 is 10.9. The summed E-state index contributed by atoms with van der Waals surface area (Å²) in [7, 11) is 0. The maximum atomic E-state index is 6.15. The van der Waals surface area contributed by atoms with Crippen molar-refractivity contribution in [1.82, 2.24) is 19.5 Å². The van der Waals surface area contributed by atoms with Crippen LogP contribution in [0.1, 0.15) is 0 Å². The van der Waals surface area contributed by atoms with Crippen molar-refractivity contribution in [2.45, 2.75) is 0 Å². The molecular weight excluding hydrogens is 645 g/mol. The third kappa shape index (κ3) is 4.43. The van der Waals surface area contributed by atoms with Crippen LogP contribution in [0.3, 0.4) is 0 Å². The summed E-state index contributed by atoms with van der Waals surface area (Å²) in [5.74, 6) is 1.86. The second-order valence-electron chi connectivity index (χ2n) is 12.8. The molecule has 0 aliphatic rings. The molecule has 0 saturated carbocycles. The molecule has 4 aromatic heterocycles. The van der Waals surface area contributed by atoms with Crippen molar-refractivity contribution in [2.75, 3.05) is 0 Å². The number of benzene rings is 7. The van der Waals surface area contributed by atoms with Gasteiger partial charge in [-0.3, -0.25) is 0 Å². The van der Waals surface area contributed by atoms with Crippen LogP contribution in [0.5, 0.6) is 0 Å². The zero-order valence-corrected chi connectivity index (χ0v) is 27.9. The van der Waals surface area contributed by atoms with Gasteiger partial charge >= 0.3 is 0 Å². The molecule has 7 aromatic carbocycles. The average Bonchev–Trinajstić information content (AvgIpc) is 3.87. The monoisotopic (exact) mass is 670 g/mol. The van der Waals surface area contributed by atoms with Crippen LogP contribution in [-0.2, 0) is 0 Å². The van der Waals surface area contributed by atoms with Gasteiger partial charge in [0.15, 0.2) is 17.5 Å². The minimum Gasteiger partial charge on any atom is -0.456 e. The number of thiophene rings is 1. The Labute approximate surface area is 295 Å². The van der Waals surface area contributed by atoms with E-state index in [0.717, 1.165) is 55.3 Å². The summed E-state index contributed by atoms with van der Waals surface area (Å²) in [6.07, 6.45) is 0. The first-order chi connectivity index (χ1) is 25.2. The Kier molecular flexibility index (Phi) is 6.05. The minimum absolute atomic E-state index is 0.612. The summed E-state index contributed by atoms with van der Waals surface area (Å²) in [4.78, 5) is 15.5. The van der Waals surface area contributed by atoms with Crippen LogP contribution in [0.25, 0.3) is 104 Å². The number of hydrogen-bond acceptors (Lipinski definition) is 5. The van der Waals surface area contributed by atoms with Crippen LogP contribution < -0.4 is 0 Å². The molecule has 0 fully saturated rings. The van der Waals surface area contributed by atoms with E-state index in [0.29, 0.717) is 17.5 Å². The molecule has 6 heteroatoms. The van der Waals surface area contributed by atoms with Crippen LogP contribution in [0.4, 0.5) is 0 Å². The Balaban J connectivity index is 1.12. The van der Waals surface area contributed by atoms with Gasteiger partial charge in [0, 0.05) is 64.1 Å². The van der Waals surface area contributed by atoms with Gasteiger partial charge in [-0.1, -0.05) is 97.1 Å². The maximum Gasteiger partial charge on any atom is 0.164 e. The minimum atomic E-state index is 0.612. The van der Waals surface area contributed by atoms with Gasteiger partial charge in [-0.25, -0.2) is 15.0 Å². The molecule has 5 nitrogen and oxygen atoms in total. The highest BCUT2D eigenvalue weighted by Crippen LogP contribution is 2.38. The van der Waals surface area contributed by atoms with Crippen LogP contribution in [-0.4, -0.2) is 19.5 Å². The van der Waals surface area contributed by atoms with Gasteiger partial charge in [0.1, 0.15) is 11.2 Å². The standard InChI is InChI=1S/C45H26N4OS/c1-5-16-37-31(12-1)32-13-2-6-17-38(32)49(37)30-11-9-10-27(24-30)43-46-44(28-21-23-40-36(25-28)33-14-3-7-18-39(33)50-40)48-45(47-43)29-20-22-35-34-15-4-8-19-41(34)51-42(35)26-29/h1-26H. The lowest BCUT2D eigenvalue weighted by molar-refractivity contribution is 0.669. The van der Waals surface area contributed by atoms with Crippen molar-refractivity contribution in [1.29, 1.82) is 0 Å². The van der Waals surface area contributed by atoms with E-state index in [1.165, 1.54) is 30.9 Å². The molecule has 11 aromatic rings. The van der Waals surface area contributed by atoms with Gasteiger partial charge in [-0.15, -0.1) is 11.3 Å². The smallest absolute Gasteiger partial charge is 0.164 e. The summed E-state index contributed by atoms with van der Waals surface area (Å²) in [5.41, 5.74) is 7.83. The summed E-state index contributed by atoms with van der Waals surface area (Å²) in [6.45, 7) is 0. The Morgan fingerprint density at radius 2 is 0.961 bits per heavy atom. The second-order valence-corrected chi connectivity index (χ2v) is 13.9. The molecule has 238 valence electrons. The number of furan rings is 1. The number of nitrogens with zero attached hydrogens (tertiary/aromatic N) is 4. The average molecular weight is 671 g/mol. The van der Waals surface area contributed by atoms with Crippen molar-refractivity contribution < 1.29 is 4.42 Å². The predicted octanol–water partition coefficient (Wildman–Crippen LogP) is 12.2. The number of aromatic nitrogens is 4. The normalized spacial score (nSPS) is 11.9. The topological polar surface area (TPSA) is 56.7 Å². The molecule has 0 amide bonds. The summed E-state index contributed by atoms with van der Waals surface area (Å²) in [5, 5.41) is 7.06. The van der Waals surface area contributed by atoms with E-state index in [4.69, 9.17) is 19.4 Å². The molecule has 0 bridgehead atoms. The van der Waals surface area contributed by atoms with Gasteiger partial charge in [0.05, 0.1) is 11.0 Å². The van der Waals surface area contributed by atoms with Crippen molar-refractivity contribution >= 4 is 75.3 Å². The van der Waals surface area contributed by atoms with Crippen LogP contribution in [0, 0.1) is 0 Å². The summed E-state index contributed by atoms with van der Waals surface area (Å²) in [6, 6.07) is 55.1. The molecule has 0 saturated heterocycles. The highest BCUT2D eigenvalue weighted by molar-refractivity contribution is 7.25. The number of fused-ring (bicyclic) bond motifs is 9. The van der Waals surface area contributed by atoms with Crippen LogP contribution in [0.2, 0.25) is 0 Å². The number of hydrogen-bond donors (Lipinski definition) is 0. The molecule has 51 heavy (non-hydrogen) atoms. The quantitative estimate of drug-likeness (QED) is 0.187. The molecule has 0 atom stereocenters. The lowest BCUT2D eigenvalue weighted by Crippen LogP contribution is -2.01.